The van der Waals surface area contributed by atoms with Gasteiger partial charge in [0.25, 0.3) is 0 Å². The Morgan fingerprint density at radius 1 is 1.00 bits per heavy atom. The highest BCUT2D eigenvalue weighted by atomic mass is 32.2. The largest absolute Gasteiger partial charge is 0.243 e. The molecule has 0 radical (unpaired) electrons. The van der Waals surface area contributed by atoms with Gasteiger partial charge in [0.1, 0.15) is 0 Å². The van der Waals surface area contributed by atoms with E-state index in [1.807, 2.05) is 0 Å². The fourth-order valence-corrected chi connectivity index (χ4v) is 2.94. The first kappa shape index (κ1) is 14.6. The summed E-state index contributed by atoms with van der Waals surface area (Å²) in [5.74, 6) is -2.02. The SMILES string of the molecule is CN(Cc1cccc(F)c1F)S(=O)(=O)c1ccccc1. The molecule has 2 aromatic carbocycles. The van der Waals surface area contributed by atoms with Crippen molar-refractivity contribution in [1.29, 1.82) is 0 Å². The number of rotatable bonds is 4. The molecule has 2 rings (SSSR count). The minimum atomic E-state index is -3.72. The Kier molecular flexibility index (Phi) is 4.15. The summed E-state index contributed by atoms with van der Waals surface area (Å²) in [7, 11) is -2.40. The van der Waals surface area contributed by atoms with Gasteiger partial charge in [-0.2, -0.15) is 4.31 Å². The summed E-state index contributed by atoms with van der Waals surface area (Å²) in [5.41, 5.74) is -0.00740. The lowest BCUT2D eigenvalue weighted by molar-refractivity contribution is 0.442. The average Bonchev–Trinajstić information content (AvgIpc) is 2.44. The number of sulfonamides is 1. The van der Waals surface area contributed by atoms with Crippen molar-refractivity contribution >= 4 is 10.0 Å². The van der Waals surface area contributed by atoms with Crippen molar-refractivity contribution in [3.05, 3.63) is 65.7 Å². The van der Waals surface area contributed by atoms with E-state index in [2.05, 4.69) is 0 Å². The molecule has 0 saturated carbocycles. The van der Waals surface area contributed by atoms with Crippen molar-refractivity contribution in [2.45, 2.75) is 11.4 Å². The van der Waals surface area contributed by atoms with Crippen LogP contribution in [0.15, 0.2) is 53.4 Å². The maximum Gasteiger partial charge on any atom is 0.243 e. The zero-order valence-corrected chi connectivity index (χ0v) is 11.6. The molecule has 0 bridgehead atoms. The summed E-state index contributed by atoms with van der Waals surface area (Å²) in [6, 6.07) is 11.5. The predicted octanol–water partition coefficient (Wildman–Crippen LogP) is 2.79. The van der Waals surface area contributed by atoms with Gasteiger partial charge in [-0.15, -0.1) is 0 Å². The van der Waals surface area contributed by atoms with Crippen LogP contribution in [0.4, 0.5) is 8.78 Å². The summed E-state index contributed by atoms with van der Waals surface area (Å²) in [5, 5.41) is 0. The smallest absolute Gasteiger partial charge is 0.207 e. The van der Waals surface area contributed by atoms with Gasteiger partial charge in [0.05, 0.1) is 4.90 Å². The normalized spacial score (nSPS) is 11.8. The van der Waals surface area contributed by atoms with E-state index in [4.69, 9.17) is 0 Å². The molecule has 106 valence electrons. The van der Waals surface area contributed by atoms with Gasteiger partial charge in [-0.05, 0) is 18.2 Å². The molecule has 0 aliphatic carbocycles. The Morgan fingerprint density at radius 2 is 1.65 bits per heavy atom. The van der Waals surface area contributed by atoms with Gasteiger partial charge in [0.2, 0.25) is 10.0 Å². The fraction of sp³-hybridized carbons (Fsp3) is 0.143. The van der Waals surface area contributed by atoms with E-state index in [1.165, 1.54) is 31.3 Å². The third kappa shape index (κ3) is 2.86. The topological polar surface area (TPSA) is 37.4 Å². The lowest BCUT2D eigenvalue weighted by Crippen LogP contribution is -2.27. The molecule has 0 aromatic heterocycles. The fourth-order valence-electron chi connectivity index (χ4n) is 1.77. The number of hydrogen-bond donors (Lipinski definition) is 0. The van der Waals surface area contributed by atoms with Gasteiger partial charge in [0, 0.05) is 19.2 Å². The Balaban J connectivity index is 2.28. The minimum Gasteiger partial charge on any atom is -0.207 e. The van der Waals surface area contributed by atoms with E-state index in [-0.39, 0.29) is 17.0 Å². The highest BCUT2D eigenvalue weighted by Gasteiger charge is 2.22. The Bertz CT molecular complexity index is 702. The molecule has 0 spiro atoms. The lowest BCUT2D eigenvalue weighted by Gasteiger charge is -2.17. The summed E-state index contributed by atoms with van der Waals surface area (Å²) < 4.78 is 52.1. The molecule has 6 heteroatoms. The molecule has 0 N–H and O–H groups in total. The highest BCUT2D eigenvalue weighted by Crippen LogP contribution is 2.18. The average molecular weight is 297 g/mol. The van der Waals surface area contributed by atoms with Crippen molar-refractivity contribution in [3.63, 3.8) is 0 Å². The second-order valence-electron chi connectivity index (χ2n) is 4.29. The van der Waals surface area contributed by atoms with Gasteiger partial charge < -0.3 is 0 Å². The van der Waals surface area contributed by atoms with Crippen molar-refractivity contribution < 1.29 is 17.2 Å². The van der Waals surface area contributed by atoms with Crippen LogP contribution in [0.3, 0.4) is 0 Å². The van der Waals surface area contributed by atoms with Crippen LogP contribution in [0.1, 0.15) is 5.56 Å². The molecule has 20 heavy (non-hydrogen) atoms. The number of nitrogens with zero attached hydrogens (tertiary/aromatic N) is 1. The summed E-state index contributed by atoms with van der Waals surface area (Å²) >= 11 is 0. The van der Waals surface area contributed by atoms with Crippen molar-refractivity contribution in [3.8, 4) is 0 Å². The lowest BCUT2D eigenvalue weighted by atomic mass is 10.2. The molecule has 0 fully saturated rings. The van der Waals surface area contributed by atoms with Crippen LogP contribution in [0, 0.1) is 11.6 Å². The Hall–Kier alpha value is -1.79. The van der Waals surface area contributed by atoms with E-state index in [0.717, 1.165) is 10.4 Å². The maximum atomic E-state index is 13.6. The van der Waals surface area contributed by atoms with Gasteiger partial charge in [0.15, 0.2) is 11.6 Å². The molecule has 0 amide bonds. The molecule has 0 unspecified atom stereocenters. The molecule has 0 heterocycles. The highest BCUT2D eigenvalue weighted by molar-refractivity contribution is 7.89. The van der Waals surface area contributed by atoms with Crippen molar-refractivity contribution in [2.24, 2.45) is 0 Å². The first-order valence-corrected chi connectivity index (χ1v) is 7.31. The second-order valence-corrected chi connectivity index (χ2v) is 6.33. The number of hydrogen-bond acceptors (Lipinski definition) is 2. The Labute approximate surface area is 116 Å². The first-order valence-electron chi connectivity index (χ1n) is 5.87. The van der Waals surface area contributed by atoms with Crippen LogP contribution in [0.5, 0.6) is 0 Å². The molecule has 0 saturated heterocycles. The minimum absolute atomic E-state index is 0.00740. The monoisotopic (exact) mass is 297 g/mol. The van der Waals surface area contributed by atoms with Crippen LogP contribution < -0.4 is 0 Å². The first-order chi connectivity index (χ1) is 9.43. The van der Waals surface area contributed by atoms with Gasteiger partial charge in [-0.3, -0.25) is 0 Å². The molecule has 3 nitrogen and oxygen atoms in total. The zero-order valence-electron chi connectivity index (χ0n) is 10.8. The number of benzene rings is 2. The van der Waals surface area contributed by atoms with Gasteiger partial charge >= 0.3 is 0 Å². The molecule has 0 atom stereocenters. The van der Waals surface area contributed by atoms with E-state index in [0.29, 0.717) is 0 Å². The molecular weight excluding hydrogens is 284 g/mol. The third-order valence-electron chi connectivity index (χ3n) is 2.88. The third-order valence-corrected chi connectivity index (χ3v) is 4.69. The zero-order chi connectivity index (χ0) is 14.8. The summed E-state index contributed by atoms with van der Waals surface area (Å²) in [6.07, 6.45) is 0. The van der Waals surface area contributed by atoms with Crippen LogP contribution in [0.2, 0.25) is 0 Å². The van der Waals surface area contributed by atoms with E-state index >= 15 is 0 Å². The standard InChI is InChI=1S/C14H13F2NO2S/c1-17(10-11-6-5-9-13(15)14(11)16)20(18,19)12-7-3-2-4-8-12/h2-9H,10H2,1H3. The van der Waals surface area contributed by atoms with Crippen molar-refractivity contribution in [2.75, 3.05) is 7.05 Å². The van der Waals surface area contributed by atoms with Gasteiger partial charge in [-0.25, -0.2) is 17.2 Å². The molecule has 0 aliphatic rings. The molecular formula is C14H13F2NO2S. The summed E-state index contributed by atoms with van der Waals surface area (Å²) in [6.45, 7) is -0.235. The molecule has 2 aromatic rings. The van der Waals surface area contributed by atoms with Crippen LogP contribution in [-0.4, -0.2) is 19.8 Å². The second kappa shape index (κ2) is 5.68. The maximum absolute atomic E-state index is 13.6. The van der Waals surface area contributed by atoms with Gasteiger partial charge in [-0.1, -0.05) is 30.3 Å². The number of halogens is 2. The van der Waals surface area contributed by atoms with Crippen molar-refractivity contribution in [1.82, 2.24) is 4.31 Å². The van der Waals surface area contributed by atoms with E-state index in [1.54, 1.807) is 18.2 Å². The Morgan fingerprint density at radius 3 is 2.30 bits per heavy atom. The van der Waals surface area contributed by atoms with Crippen LogP contribution in [-0.2, 0) is 16.6 Å². The van der Waals surface area contributed by atoms with Crippen LogP contribution in [0.25, 0.3) is 0 Å². The summed E-state index contributed by atoms with van der Waals surface area (Å²) in [4.78, 5) is 0.110. The van der Waals surface area contributed by atoms with Crippen LogP contribution >= 0.6 is 0 Å². The molecule has 0 aliphatic heterocycles. The quantitative estimate of drug-likeness (QED) is 0.870. The van der Waals surface area contributed by atoms with E-state index in [9.17, 15) is 17.2 Å². The predicted molar refractivity (Wildman–Crippen MR) is 71.5 cm³/mol. The van der Waals surface area contributed by atoms with E-state index < -0.39 is 21.7 Å².